The third-order valence-electron chi connectivity index (χ3n) is 11.5. The van der Waals surface area contributed by atoms with E-state index in [1.165, 1.54) is 83.5 Å². The predicted octanol–water partition coefficient (Wildman–Crippen LogP) is 16.1. The minimum Gasteiger partial charge on any atom is -0.462 e. The van der Waals surface area contributed by atoms with Crippen LogP contribution in [0.1, 0.15) is 233 Å². The van der Waals surface area contributed by atoms with Crippen LogP contribution < -0.4 is 5.32 Å². The Kier molecular flexibility index (Phi) is 48.2. The van der Waals surface area contributed by atoms with Gasteiger partial charge in [-0.05, 0) is 77.0 Å². The van der Waals surface area contributed by atoms with Gasteiger partial charge in [0, 0.05) is 6.42 Å². The van der Waals surface area contributed by atoms with E-state index in [0.29, 0.717) is 19.3 Å². The molecular weight excluding hydrogens is 791 g/mol. The fourth-order valence-electron chi connectivity index (χ4n) is 7.58. The van der Waals surface area contributed by atoms with Crippen molar-refractivity contribution in [1.82, 2.24) is 5.32 Å². The molecule has 0 heterocycles. The summed E-state index contributed by atoms with van der Waals surface area (Å²) in [5.41, 5.74) is 0. The zero-order chi connectivity index (χ0) is 46.7. The van der Waals surface area contributed by atoms with E-state index in [1.54, 1.807) is 0 Å². The summed E-state index contributed by atoms with van der Waals surface area (Å²) in [5.74, 6) is -0.550. The van der Waals surface area contributed by atoms with Gasteiger partial charge >= 0.3 is 5.97 Å². The lowest BCUT2D eigenvalue weighted by molar-refractivity contribution is -0.151. The number of hydrogen-bond donors (Lipinski definition) is 3. The molecule has 64 heavy (non-hydrogen) atoms. The number of aliphatic hydroxyl groups excluding tert-OH is 2. The average molecular weight is 890 g/mol. The fourth-order valence-corrected chi connectivity index (χ4v) is 7.58. The van der Waals surface area contributed by atoms with Crippen LogP contribution in [0.5, 0.6) is 0 Å². The molecular formula is C58H99NO5. The lowest BCUT2D eigenvalue weighted by atomic mass is 10.0. The molecule has 0 aromatic carbocycles. The Morgan fingerprint density at radius 1 is 0.484 bits per heavy atom. The number of nitrogens with one attached hydrogen (secondary N) is 1. The summed E-state index contributed by atoms with van der Waals surface area (Å²) in [4.78, 5) is 26.2. The standard InChI is InChI=1S/C58H99NO5/c1-4-7-10-13-16-19-22-25-28-30-32-35-38-41-44-47-50-56(61)55(53-60)59-57(62)52-54(49-46-43-40-37-34-31-27-24-21-18-15-12-9-6-3)64-58(63)51-48-45-42-39-36-33-29-26-23-20-17-14-11-8-5-2/h8-9,11-12,14,17-18,20-21,23,26-27,29,31,33,36,54-56,60-61H,4-7,10,13,15-16,19,22,24-25,28,30,32,34-35,37-53H2,1-3H3,(H,59,62)/b11-8+,12-9+,17-14+,21-18+,23-20-,29-26-,31-27+,36-33+. The normalized spacial score (nSPS) is 14.0. The second-order valence-corrected chi connectivity index (χ2v) is 17.6. The molecule has 0 bridgehead atoms. The summed E-state index contributed by atoms with van der Waals surface area (Å²) >= 11 is 0. The second-order valence-electron chi connectivity index (χ2n) is 17.6. The van der Waals surface area contributed by atoms with Crippen LogP contribution in [0.2, 0.25) is 0 Å². The molecule has 0 aliphatic heterocycles. The van der Waals surface area contributed by atoms with Crippen molar-refractivity contribution in [3.63, 3.8) is 0 Å². The summed E-state index contributed by atoms with van der Waals surface area (Å²) in [6.45, 7) is 6.22. The van der Waals surface area contributed by atoms with E-state index in [4.69, 9.17) is 4.74 Å². The number of aliphatic hydroxyl groups is 2. The largest absolute Gasteiger partial charge is 0.462 e. The smallest absolute Gasteiger partial charge is 0.306 e. The van der Waals surface area contributed by atoms with Gasteiger partial charge in [0.1, 0.15) is 6.10 Å². The number of carbonyl (C=O) groups is 2. The minimum atomic E-state index is -0.808. The summed E-state index contributed by atoms with van der Waals surface area (Å²) in [6.07, 6.45) is 67.5. The van der Waals surface area contributed by atoms with Gasteiger partial charge in [-0.3, -0.25) is 9.59 Å². The monoisotopic (exact) mass is 890 g/mol. The van der Waals surface area contributed by atoms with Crippen molar-refractivity contribution in [3.8, 4) is 0 Å². The van der Waals surface area contributed by atoms with E-state index >= 15 is 0 Å². The molecule has 3 N–H and O–H groups in total. The molecule has 0 saturated heterocycles. The number of hydrogen-bond acceptors (Lipinski definition) is 5. The van der Waals surface area contributed by atoms with Crippen molar-refractivity contribution < 1.29 is 24.5 Å². The zero-order valence-electron chi connectivity index (χ0n) is 41.6. The van der Waals surface area contributed by atoms with Gasteiger partial charge in [0.15, 0.2) is 0 Å². The average Bonchev–Trinajstić information content (AvgIpc) is 3.29. The van der Waals surface area contributed by atoms with Gasteiger partial charge < -0.3 is 20.3 Å². The van der Waals surface area contributed by atoms with Crippen LogP contribution in [-0.4, -0.2) is 46.9 Å². The van der Waals surface area contributed by atoms with Gasteiger partial charge in [0.05, 0.1) is 25.2 Å². The number of ether oxygens (including phenoxy) is 1. The van der Waals surface area contributed by atoms with Crippen LogP contribution >= 0.6 is 0 Å². The van der Waals surface area contributed by atoms with Crippen molar-refractivity contribution in [2.45, 2.75) is 251 Å². The fraction of sp³-hybridized carbons (Fsp3) is 0.690. The van der Waals surface area contributed by atoms with E-state index in [0.717, 1.165) is 103 Å². The maximum absolute atomic E-state index is 13.2. The number of allylic oxidation sites excluding steroid dienone is 16. The van der Waals surface area contributed by atoms with Gasteiger partial charge in [-0.2, -0.15) is 0 Å². The molecule has 0 aliphatic carbocycles. The molecule has 3 unspecified atom stereocenters. The molecule has 0 spiro atoms. The van der Waals surface area contributed by atoms with E-state index in [9.17, 15) is 19.8 Å². The minimum absolute atomic E-state index is 0.0399. The Hall–Kier alpha value is -3.22. The molecule has 366 valence electrons. The second kappa shape index (κ2) is 50.8. The number of amides is 1. The molecule has 0 saturated carbocycles. The maximum atomic E-state index is 13.2. The van der Waals surface area contributed by atoms with Gasteiger partial charge in [0.25, 0.3) is 0 Å². The number of carbonyl (C=O) groups excluding carboxylic acids is 2. The van der Waals surface area contributed by atoms with E-state index in [1.807, 2.05) is 42.5 Å². The Labute approximate surface area is 395 Å². The molecule has 6 nitrogen and oxygen atoms in total. The lowest BCUT2D eigenvalue weighted by Gasteiger charge is -2.24. The highest BCUT2D eigenvalue weighted by Crippen LogP contribution is 2.17. The molecule has 0 aromatic heterocycles. The molecule has 0 aromatic rings. The molecule has 0 rings (SSSR count). The summed E-state index contributed by atoms with van der Waals surface area (Å²) in [5, 5.41) is 23.8. The third kappa shape index (κ3) is 45.4. The highest BCUT2D eigenvalue weighted by Gasteiger charge is 2.24. The van der Waals surface area contributed by atoms with Crippen molar-refractivity contribution >= 4 is 11.9 Å². The Morgan fingerprint density at radius 2 is 0.922 bits per heavy atom. The first-order chi connectivity index (χ1) is 31.5. The molecule has 6 heteroatoms. The zero-order valence-corrected chi connectivity index (χ0v) is 41.6. The molecule has 1 amide bonds. The molecule has 3 atom stereocenters. The van der Waals surface area contributed by atoms with Crippen LogP contribution in [0.25, 0.3) is 0 Å². The first-order valence-electron chi connectivity index (χ1n) is 26.5. The van der Waals surface area contributed by atoms with Crippen molar-refractivity contribution in [3.05, 3.63) is 97.2 Å². The van der Waals surface area contributed by atoms with Crippen LogP contribution in [0.4, 0.5) is 0 Å². The van der Waals surface area contributed by atoms with Crippen LogP contribution in [0.15, 0.2) is 97.2 Å². The van der Waals surface area contributed by atoms with E-state index < -0.39 is 18.2 Å². The van der Waals surface area contributed by atoms with Crippen molar-refractivity contribution in [2.75, 3.05) is 6.61 Å². The first kappa shape index (κ1) is 60.8. The van der Waals surface area contributed by atoms with Crippen LogP contribution in [0, 0.1) is 0 Å². The summed E-state index contributed by atoms with van der Waals surface area (Å²) in [7, 11) is 0. The Bertz CT molecular complexity index is 1270. The third-order valence-corrected chi connectivity index (χ3v) is 11.5. The van der Waals surface area contributed by atoms with Crippen LogP contribution in [0.3, 0.4) is 0 Å². The summed E-state index contributed by atoms with van der Waals surface area (Å²) < 4.78 is 5.91. The van der Waals surface area contributed by atoms with Gasteiger partial charge in [-0.25, -0.2) is 0 Å². The summed E-state index contributed by atoms with van der Waals surface area (Å²) in [6, 6.07) is -0.724. The SMILES string of the molecule is CC/C=C/C=C/C=C\C=C/C=C/CCCCCC(=O)OC(CCCCCC/C=C/C/C=C/C/C=C/CC)CC(=O)NC(CO)C(O)CCCCCCCCCCCCCCCCCC. The predicted molar refractivity (Wildman–Crippen MR) is 277 cm³/mol. The Morgan fingerprint density at radius 3 is 1.47 bits per heavy atom. The quantitative estimate of drug-likeness (QED) is 0.0245. The highest BCUT2D eigenvalue weighted by molar-refractivity contribution is 5.77. The van der Waals surface area contributed by atoms with E-state index in [2.05, 4.69) is 80.8 Å². The van der Waals surface area contributed by atoms with Crippen molar-refractivity contribution in [2.24, 2.45) is 0 Å². The van der Waals surface area contributed by atoms with Gasteiger partial charge in [-0.1, -0.05) is 240 Å². The number of unbranched alkanes of at least 4 members (excludes halogenated alkanes) is 22. The van der Waals surface area contributed by atoms with Gasteiger partial charge in [0.2, 0.25) is 5.91 Å². The number of rotatable bonds is 46. The van der Waals surface area contributed by atoms with Gasteiger partial charge in [-0.15, -0.1) is 0 Å². The van der Waals surface area contributed by atoms with Crippen molar-refractivity contribution in [1.29, 1.82) is 0 Å². The molecule has 0 fully saturated rings. The maximum Gasteiger partial charge on any atom is 0.306 e. The first-order valence-corrected chi connectivity index (χ1v) is 26.5. The topological polar surface area (TPSA) is 95.9 Å². The van der Waals surface area contributed by atoms with Crippen LogP contribution in [-0.2, 0) is 14.3 Å². The highest BCUT2D eigenvalue weighted by atomic mass is 16.5. The lowest BCUT2D eigenvalue weighted by Crippen LogP contribution is -2.46. The Balaban J connectivity index is 4.67. The molecule has 0 radical (unpaired) electrons. The number of esters is 1. The molecule has 0 aliphatic rings. The van der Waals surface area contributed by atoms with E-state index in [-0.39, 0.29) is 24.9 Å².